The molecule has 0 radical (unpaired) electrons. The van der Waals surface area contributed by atoms with Crippen LogP contribution in [0.4, 0.5) is 0 Å². The highest BCUT2D eigenvalue weighted by atomic mass is 16.5. The van der Waals surface area contributed by atoms with E-state index in [1.54, 1.807) is 21.3 Å². The molecule has 2 heterocycles. The highest BCUT2D eigenvalue weighted by molar-refractivity contribution is 5.77. The van der Waals surface area contributed by atoms with Crippen LogP contribution in [0, 0.1) is 6.92 Å². The lowest BCUT2D eigenvalue weighted by Gasteiger charge is -2.20. The Kier molecular flexibility index (Phi) is 7.55. The number of pyridine rings is 1. The summed E-state index contributed by atoms with van der Waals surface area (Å²) in [6.07, 6.45) is 4.81. The largest absolute Gasteiger partial charge is 0.496 e. The van der Waals surface area contributed by atoms with Gasteiger partial charge in [0.15, 0.2) is 11.5 Å². The number of methoxy groups -OCH3 is 3. The number of aromatic nitrogens is 2. The second-order valence-corrected chi connectivity index (χ2v) is 8.40. The van der Waals surface area contributed by atoms with Crippen LogP contribution in [0.2, 0.25) is 0 Å². The third-order valence-electron chi connectivity index (χ3n) is 6.14. The smallest absolute Gasteiger partial charge is 0.221 e. The Balaban J connectivity index is 1.53. The van der Waals surface area contributed by atoms with Crippen LogP contribution in [0.3, 0.4) is 0 Å². The molecule has 35 heavy (non-hydrogen) atoms. The Hall–Kier alpha value is -4.00. The molecule has 7 nitrogen and oxygen atoms in total. The number of ether oxygens (including phenoxy) is 3. The van der Waals surface area contributed by atoms with Gasteiger partial charge in [-0.3, -0.25) is 4.79 Å². The Morgan fingerprint density at radius 3 is 2.51 bits per heavy atom. The molecule has 0 bridgehead atoms. The molecule has 7 heteroatoms. The predicted molar refractivity (Wildman–Crippen MR) is 136 cm³/mol. The Labute approximate surface area is 205 Å². The van der Waals surface area contributed by atoms with E-state index in [4.69, 9.17) is 14.2 Å². The molecule has 0 spiro atoms. The van der Waals surface area contributed by atoms with E-state index >= 15 is 0 Å². The number of carbonyl (C=O) groups excluding carboxylic acids is 1. The third kappa shape index (κ3) is 5.40. The van der Waals surface area contributed by atoms with Crippen LogP contribution in [-0.2, 0) is 11.2 Å². The lowest BCUT2D eigenvalue weighted by atomic mass is 9.91. The molecular weight excluding hydrogens is 442 g/mol. The van der Waals surface area contributed by atoms with Crippen LogP contribution in [0.25, 0.3) is 5.65 Å². The van der Waals surface area contributed by atoms with Crippen molar-refractivity contribution in [3.05, 3.63) is 89.4 Å². The molecule has 0 fully saturated rings. The minimum Gasteiger partial charge on any atom is -0.496 e. The van der Waals surface area contributed by atoms with E-state index in [1.807, 2.05) is 78.3 Å². The van der Waals surface area contributed by atoms with Crippen molar-refractivity contribution in [3.8, 4) is 17.2 Å². The molecule has 1 amide bonds. The second-order valence-electron chi connectivity index (χ2n) is 8.40. The van der Waals surface area contributed by atoms with Crippen molar-refractivity contribution in [2.24, 2.45) is 0 Å². The lowest BCUT2D eigenvalue weighted by molar-refractivity contribution is -0.121. The number of fused-ring (bicyclic) bond motifs is 1. The topological polar surface area (TPSA) is 74.1 Å². The van der Waals surface area contributed by atoms with E-state index in [9.17, 15) is 4.79 Å². The van der Waals surface area contributed by atoms with Crippen molar-refractivity contribution in [2.45, 2.75) is 25.7 Å². The highest BCUT2D eigenvalue weighted by Gasteiger charge is 2.24. The fraction of sp³-hybridized carbons (Fsp3) is 0.286. The first-order valence-corrected chi connectivity index (χ1v) is 11.6. The van der Waals surface area contributed by atoms with Gasteiger partial charge in [-0.25, -0.2) is 4.98 Å². The van der Waals surface area contributed by atoms with Gasteiger partial charge in [0, 0.05) is 36.8 Å². The van der Waals surface area contributed by atoms with E-state index in [-0.39, 0.29) is 18.2 Å². The average Bonchev–Trinajstić information content (AvgIpc) is 3.29. The summed E-state index contributed by atoms with van der Waals surface area (Å²) >= 11 is 0. The molecule has 2 aromatic carbocycles. The number of hydrogen-bond donors (Lipinski definition) is 1. The Morgan fingerprint density at radius 1 is 0.971 bits per heavy atom. The first-order valence-electron chi connectivity index (χ1n) is 11.6. The zero-order valence-electron chi connectivity index (χ0n) is 20.6. The summed E-state index contributed by atoms with van der Waals surface area (Å²) in [4.78, 5) is 17.7. The van der Waals surface area contributed by atoms with Gasteiger partial charge in [-0.1, -0.05) is 24.3 Å². The van der Waals surface area contributed by atoms with Gasteiger partial charge >= 0.3 is 0 Å². The van der Waals surface area contributed by atoms with Gasteiger partial charge in [-0.05, 0) is 54.8 Å². The number of benzene rings is 2. The fourth-order valence-electron chi connectivity index (χ4n) is 4.33. The summed E-state index contributed by atoms with van der Waals surface area (Å²) in [7, 11) is 4.88. The quantitative estimate of drug-likeness (QED) is 0.366. The maximum Gasteiger partial charge on any atom is 0.221 e. The van der Waals surface area contributed by atoms with E-state index in [1.165, 1.54) is 0 Å². The standard InChI is InChI=1S/C28H31N3O4/c1-19-12-14-31-23(18-30-27(31)15-19)22(21-7-5-6-8-24(21)33-2)17-28(32)29-13-11-20-9-10-25(34-3)26(16-20)35-4/h5-10,12,14-16,18,22H,11,13,17H2,1-4H3,(H,29,32). The number of rotatable bonds is 10. The second kappa shape index (κ2) is 11.0. The van der Waals surface area contributed by atoms with Gasteiger partial charge in [0.25, 0.3) is 0 Å². The molecule has 182 valence electrons. The Morgan fingerprint density at radius 2 is 1.74 bits per heavy atom. The van der Waals surface area contributed by atoms with Crippen molar-refractivity contribution in [2.75, 3.05) is 27.9 Å². The maximum atomic E-state index is 13.1. The number of carbonyl (C=O) groups is 1. The molecule has 4 rings (SSSR count). The van der Waals surface area contributed by atoms with E-state index in [0.29, 0.717) is 24.5 Å². The van der Waals surface area contributed by atoms with E-state index < -0.39 is 0 Å². The van der Waals surface area contributed by atoms with E-state index in [2.05, 4.69) is 10.3 Å². The van der Waals surface area contributed by atoms with E-state index in [0.717, 1.165) is 33.8 Å². The normalized spacial score (nSPS) is 11.8. The summed E-state index contributed by atoms with van der Waals surface area (Å²) in [6, 6.07) is 17.7. The lowest BCUT2D eigenvalue weighted by Crippen LogP contribution is -2.27. The summed E-state index contributed by atoms with van der Waals surface area (Å²) in [5.41, 5.74) is 4.94. The average molecular weight is 474 g/mol. The van der Waals surface area contributed by atoms with Gasteiger partial charge in [-0.15, -0.1) is 0 Å². The summed E-state index contributed by atoms with van der Waals surface area (Å²) in [5, 5.41) is 3.07. The minimum absolute atomic E-state index is 0.0385. The molecule has 4 aromatic rings. The van der Waals surface area contributed by atoms with Crippen molar-refractivity contribution < 1.29 is 19.0 Å². The first-order chi connectivity index (χ1) is 17.0. The summed E-state index contributed by atoms with van der Waals surface area (Å²) in [5.74, 6) is 1.85. The van der Waals surface area contributed by atoms with Crippen LogP contribution < -0.4 is 19.5 Å². The highest BCUT2D eigenvalue weighted by Crippen LogP contribution is 2.35. The van der Waals surface area contributed by atoms with Crippen LogP contribution in [0.15, 0.2) is 67.0 Å². The maximum absolute atomic E-state index is 13.1. The number of nitrogens with one attached hydrogen (secondary N) is 1. The number of para-hydroxylation sites is 1. The van der Waals surface area contributed by atoms with Gasteiger partial charge < -0.3 is 23.9 Å². The zero-order chi connectivity index (χ0) is 24.8. The molecular formula is C28H31N3O4. The van der Waals surface area contributed by atoms with Gasteiger partial charge in [0.2, 0.25) is 5.91 Å². The number of imidazole rings is 1. The van der Waals surface area contributed by atoms with Crippen LogP contribution in [-0.4, -0.2) is 43.2 Å². The SMILES string of the molecule is COc1ccc(CCNC(=O)CC(c2ccccc2OC)c2cnc3cc(C)ccn23)cc1OC. The predicted octanol–water partition coefficient (Wildman–Crippen LogP) is 4.55. The zero-order valence-corrected chi connectivity index (χ0v) is 20.6. The van der Waals surface area contributed by atoms with Crippen molar-refractivity contribution >= 4 is 11.6 Å². The molecule has 1 atom stereocenters. The van der Waals surface area contributed by atoms with Crippen molar-refractivity contribution in [1.82, 2.24) is 14.7 Å². The number of aryl methyl sites for hydroxylation is 1. The van der Waals surface area contributed by atoms with Gasteiger partial charge in [0.05, 0.1) is 27.0 Å². The molecule has 0 aliphatic carbocycles. The fourth-order valence-corrected chi connectivity index (χ4v) is 4.33. The number of nitrogens with zero attached hydrogens (tertiary/aromatic N) is 2. The molecule has 0 aliphatic rings. The molecule has 1 unspecified atom stereocenters. The molecule has 0 saturated carbocycles. The number of amides is 1. The third-order valence-corrected chi connectivity index (χ3v) is 6.14. The van der Waals surface area contributed by atoms with Crippen molar-refractivity contribution in [3.63, 3.8) is 0 Å². The van der Waals surface area contributed by atoms with Crippen molar-refractivity contribution in [1.29, 1.82) is 0 Å². The molecule has 1 N–H and O–H groups in total. The minimum atomic E-state index is -0.218. The molecule has 0 saturated heterocycles. The molecule has 0 aliphatic heterocycles. The number of hydrogen-bond acceptors (Lipinski definition) is 5. The molecule has 2 aromatic heterocycles. The first kappa shape index (κ1) is 24.1. The van der Waals surface area contributed by atoms with Crippen LogP contribution in [0.5, 0.6) is 17.2 Å². The Bertz CT molecular complexity index is 1310. The summed E-state index contributed by atoms with van der Waals surface area (Å²) in [6.45, 7) is 2.55. The monoisotopic (exact) mass is 473 g/mol. The van der Waals surface area contributed by atoms with Gasteiger partial charge in [-0.2, -0.15) is 0 Å². The van der Waals surface area contributed by atoms with Crippen LogP contribution >= 0.6 is 0 Å². The summed E-state index contributed by atoms with van der Waals surface area (Å²) < 4.78 is 18.4. The van der Waals surface area contributed by atoms with Crippen LogP contribution in [0.1, 0.15) is 34.7 Å². The van der Waals surface area contributed by atoms with Gasteiger partial charge in [0.1, 0.15) is 11.4 Å².